The van der Waals surface area contributed by atoms with E-state index in [2.05, 4.69) is 25.1 Å². The third kappa shape index (κ3) is 2.78. The number of allylic oxidation sites excluding steroid dienone is 1. The summed E-state index contributed by atoms with van der Waals surface area (Å²) in [5.74, 6) is 0. The van der Waals surface area contributed by atoms with Crippen molar-refractivity contribution >= 4 is 0 Å². The van der Waals surface area contributed by atoms with Gasteiger partial charge in [-0.15, -0.1) is 0 Å². The van der Waals surface area contributed by atoms with Gasteiger partial charge in [-0.25, -0.2) is 0 Å². The van der Waals surface area contributed by atoms with Crippen molar-refractivity contribution in [3.63, 3.8) is 0 Å². The first-order chi connectivity index (χ1) is 8.10. The number of rotatable bonds is 2. The maximum atomic E-state index is 10.8. The summed E-state index contributed by atoms with van der Waals surface area (Å²) >= 11 is 0. The predicted octanol–water partition coefficient (Wildman–Crippen LogP) is 4.09. The molecule has 0 aliphatic heterocycles. The Morgan fingerprint density at radius 3 is 2.76 bits per heavy atom. The average Bonchev–Trinajstić information content (AvgIpc) is 2.58. The van der Waals surface area contributed by atoms with Crippen molar-refractivity contribution in [3.05, 3.63) is 47.0 Å². The fourth-order valence-electron chi connectivity index (χ4n) is 2.59. The van der Waals surface area contributed by atoms with E-state index in [-0.39, 0.29) is 0 Å². The van der Waals surface area contributed by atoms with Gasteiger partial charge >= 0.3 is 0 Å². The van der Waals surface area contributed by atoms with Crippen LogP contribution in [0.15, 0.2) is 35.9 Å². The minimum atomic E-state index is -0.795. The van der Waals surface area contributed by atoms with Crippen molar-refractivity contribution in [3.8, 4) is 0 Å². The van der Waals surface area contributed by atoms with Crippen LogP contribution >= 0.6 is 0 Å². The fraction of sp³-hybridized carbons (Fsp3) is 0.500. The summed E-state index contributed by atoms with van der Waals surface area (Å²) in [5, 5.41) is 10.8. The Bertz CT molecular complexity index is 415. The molecule has 0 saturated carbocycles. The molecule has 1 atom stereocenters. The van der Waals surface area contributed by atoms with Crippen molar-refractivity contribution < 1.29 is 5.11 Å². The second-order valence-electron chi connectivity index (χ2n) is 5.27. The van der Waals surface area contributed by atoms with Crippen LogP contribution in [0, 0.1) is 6.92 Å². The Morgan fingerprint density at radius 1 is 1.18 bits per heavy atom. The zero-order valence-electron chi connectivity index (χ0n) is 10.9. The molecule has 0 bridgehead atoms. The Morgan fingerprint density at radius 2 is 2.00 bits per heavy atom. The highest BCUT2D eigenvalue weighted by atomic mass is 16.3. The molecule has 1 unspecified atom stereocenters. The molecule has 1 nitrogen and oxygen atoms in total. The molecule has 1 aliphatic rings. The van der Waals surface area contributed by atoms with E-state index in [1.807, 2.05) is 19.1 Å². The summed E-state index contributed by atoms with van der Waals surface area (Å²) in [6.07, 6.45) is 8.12. The predicted molar refractivity (Wildman–Crippen MR) is 71.9 cm³/mol. The van der Waals surface area contributed by atoms with Crippen LogP contribution in [0.1, 0.15) is 50.2 Å². The first-order valence-electron chi connectivity index (χ1n) is 6.60. The summed E-state index contributed by atoms with van der Waals surface area (Å²) in [6.45, 7) is 4.00. The molecule has 0 spiro atoms. The van der Waals surface area contributed by atoms with Crippen molar-refractivity contribution in [2.45, 2.75) is 51.6 Å². The molecule has 0 fully saturated rings. The van der Waals surface area contributed by atoms with Crippen LogP contribution in [0.4, 0.5) is 0 Å². The quantitative estimate of drug-likeness (QED) is 0.759. The molecular weight excluding hydrogens is 208 g/mol. The van der Waals surface area contributed by atoms with Gasteiger partial charge in [-0.2, -0.15) is 0 Å². The van der Waals surface area contributed by atoms with Crippen LogP contribution in [0.2, 0.25) is 0 Å². The fourth-order valence-corrected chi connectivity index (χ4v) is 2.59. The molecule has 2 rings (SSSR count). The molecule has 1 aromatic carbocycles. The number of hydrogen-bond acceptors (Lipinski definition) is 1. The van der Waals surface area contributed by atoms with E-state index in [9.17, 15) is 5.11 Å². The molecule has 1 N–H and O–H groups in total. The van der Waals surface area contributed by atoms with Gasteiger partial charge in [0.2, 0.25) is 0 Å². The van der Waals surface area contributed by atoms with E-state index in [1.165, 1.54) is 30.4 Å². The number of aryl methyl sites for hydroxylation is 1. The normalized spacial score (nSPS) is 20.3. The molecule has 1 aromatic rings. The standard InChI is InChI=1S/C16H22O/c1-13-8-7-11-15(12-13)16(2,17)14-9-5-3-4-6-10-14/h7-9,11-12,17H,3-6,10H2,1-2H3. The molecule has 17 heavy (non-hydrogen) atoms. The number of benzene rings is 1. The van der Waals surface area contributed by atoms with Crippen LogP contribution in [-0.2, 0) is 5.60 Å². The average molecular weight is 230 g/mol. The van der Waals surface area contributed by atoms with Gasteiger partial charge in [-0.1, -0.05) is 42.3 Å². The summed E-state index contributed by atoms with van der Waals surface area (Å²) in [7, 11) is 0. The van der Waals surface area contributed by atoms with E-state index < -0.39 is 5.60 Å². The number of hydrogen-bond donors (Lipinski definition) is 1. The van der Waals surface area contributed by atoms with E-state index >= 15 is 0 Å². The highest BCUT2D eigenvalue weighted by molar-refractivity contribution is 5.34. The summed E-state index contributed by atoms with van der Waals surface area (Å²) in [5.41, 5.74) is 2.62. The monoisotopic (exact) mass is 230 g/mol. The van der Waals surface area contributed by atoms with Crippen molar-refractivity contribution in [1.82, 2.24) is 0 Å². The van der Waals surface area contributed by atoms with Gasteiger partial charge in [0.25, 0.3) is 0 Å². The molecule has 0 saturated heterocycles. The lowest BCUT2D eigenvalue weighted by Crippen LogP contribution is -2.24. The van der Waals surface area contributed by atoms with Gasteiger partial charge in [-0.3, -0.25) is 0 Å². The maximum Gasteiger partial charge on any atom is 0.108 e. The minimum absolute atomic E-state index is 0.795. The molecule has 0 aromatic heterocycles. The molecular formula is C16H22O. The van der Waals surface area contributed by atoms with Crippen molar-refractivity contribution in [2.24, 2.45) is 0 Å². The lowest BCUT2D eigenvalue weighted by molar-refractivity contribution is 0.0931. The van der Waals surface area contributed by atoms with Gasteiger partial charge in [0.05, 0.1) is 0 Å². The smallest absolute Gasteiger partial charge is 0.108 e. The topological polar surface area (TPSA) is 20.2 Å². The Hall–Kier alpha value is -1.08. The van der Waals surface area contributed by atoms with E-state index in [0.29, 0.717) is 0 Å². The number of aliphatic hydroxyl groups is 1. The van der Waals surface area contributed by atoms with Crippen LogP contribution in [0.25, 0.3) is 0 Å². The zero-order chi connectivity index (χ0) is 12.3. The van der Waals surface area contributed by atoms with E-state index in [1.54, 1.807) is 0 Å². The van der Waals surface area contributed by atoms with Crippen molar-refractivity contribution in [1.29, 1.82) is 0 Å². The second kappa shape index (κ2) is 5.05. The SMILES string of the molecule is Cc1cccc(C(C)(O)C2=CCCCCC2)c1. The first-order valence-corrected chi connectivity index (χ1v) is 6.60. The Labute approximate surface area is 104 Å². The van der Waals surface area contributed by atoms with Crippen molar-refractivity contribution in [2.75, 3.05) is 0 Å². The van der Waals surface area contributed by atoms with Crippen LogP contribution in [-0.4, -0.2) is 5.11 Å². The highest BCUT2D eigenvalue weighted by Gasteiger charge is 2.28. The van der Waals surface area contributed by atoms with Gasteiger partial charge in [0.15, 0.2) is 0 Å². The summed E-state index contributed by atoms with van der Waals surface area (Å²) in [6, 6.07) is 8.21. The molecule has 1 heteroatoms. The van der Waals surface area contributed by atoms with Crippen LogP contribution in [0.3, 0.4) is 0 Å². The highest BCUT2D eigenvalue weighted by Crippen LogP contribution is 2.34. The molecule has 0 radical (unpaired) electrons. The van der Waals surface area contributed by atoms with E-state index in [0.717, 1.165) is 18.4 Å². The Balaban J connectivity index is 2.31. The molecule has 1 aliphatic carbocycles. The largest absolute Gasteiger partial charge is 0.381 e. The van der Waals surface area contributed by atoms with Gasteiger partial charge in [-0.05, 0) is 50.7 Å². The third-order valence-electron chi connectivity index (χ3n) is 3.75. The lowest BCUT2D eigenvalue weighted by Gasteiger charge is -2.27. The molecule has 0 heterocycles. The zero-order valence-corrected chi connectivity index (χ0v) is 10.9. The first kappa shape index (κ1) is 12.4. The third-order valence-corrected chi connectivity index (χ3v) is 3.75. The van der Waals surface area contributed by atoms with E-state index in [4.69, 9.17) is 0 Å². The molecule has 0 amide bonds. The summed E-state index contributed by atoms with van der Waals surface area (Å²) < 4.78 is 0. The van der Waals surface area contributed by atoms with Crippen LogP contribution < -0.4 is 0 Å². The summed E-state index contributed by atoms with van der Waals surface area (Å²) in [4.78, 5) is 0. The molecule has 92 valence electrons. The maximum absolute atomic E-state index is 10.8. The van der Waals surface area contributed by atoms with Gasteiger partial charge in [0.1, 0.15) is 5.60 Å². The second-order valence-corrected chi connectivity index (χ2v) is 5.27. The van der Waals surface area contributed by atoms with Crippen LogP contribution in [0.5, 0.6) is 0 Å². The Kier molecular flexibility index (Phi) is 3.68. The minimum Gasteiger partial charge on any atom is -0.381 e. The van der Waals surface area contributed by atoms with Gasteiger partial charge in [0, 0.05) is 0 Å². The lowest BCUT2D eigenvalue weighted by atomic mass is 9.85. The van der Waals surface area contributed by atoms with Gasteiger partial charge < -0.3 is 5.11 Å².